The molecular formula is C10H11F3. The number of rotatable bonds is 0. The highest BCUT2D eigenvalue weighted by Crippen LogP contribution is 2.69. The molecule has 0 aromatic carbocycles. The number of alkyl halides is 3. The van der Waals surface area contributed by atoms with Crippen LogP contribution in [-0.4, -0.2) is 6.18 Å². The van der Waals surface area contributed by atoms with Crippen molar-refractivity contribution in [2.45, 2.75) is 26.9 Å². The van der Waals surface area contributed by atoms with E-state index in [1.807, 2.05) is 6.92 Å². The van der Waals surface area contributed by atoms with Crippen molar-refractivity contribution in [1.29, 1.82) is 0 Å². The summed E-state index contributed by atoms with van der Waals surface area (Å²) < 4.78 is 37.9. The van der Waals surface area contributed by atoms with Crippen LogP contribution in [0, 0.1) is 10.8 Å². The van der Waals surface area contributed by atoms with Crippen LogP contribution in [0.25, 0.3) is 0 Å². The summed E-state index contributed by atoms with van der Waals surface area (Å²) in [6.07, 6.45) is -1.07. The van der Waals surface area contributed by atoms with Crippen molar-refractivity contribution in [2.24, 2.45) is 10.8 Å². The summed E-state index contributed by atoms with van der Waals surface area (Å²) in [7, 11) is 0. The van der Waals surface area contributed by atoms with E-state index >= 15 is 0 Å². The molecule has 2 rings (SSSR count). The van der Waals surface area contributed by atoms with Crippen LogP contribution in [0.2, 0.25) is 0 Å². The molecule has 2 aliphatic carbocycles. The van der Waals surface area contributed by atoms with Crippen LogP contribution >= 0.6 is 0 Å². The van der Waals surface area contributed by atoms with E-state index in [1.165, 1.54) is 13.0 Å². The Morgan fingerprint density at radius 2 is 1.69 bits per heavy atom. The molecule has 0 bridgehead atoms. The average molecular weight is 188 g/mol. The molecule has 0 nitrogen and oxygen atoms in total. The van der Waals surface area contributed by atoms with Crippen molar-refractivity contribution in [2.75, 3.05) is 0 Å². The topological polar surface area (TPSA) is 0 Å². The Morgan fingerprint density at radius 3 is 1.92 bits per heavy atom. The fraction of sp³-hybridized carbons (Fsp3) is 0.600. The first-order valence-electron chi connectivity index (χ1n) is 4.22. The lowest BCUT2D eigenvalue weighted by Crippen LogP contribution is -2.57. The predicted molar refractivity (Wildman–Crippen MR) is 44.1 cm³/mol. The quantitative estimate of drug-likeness (QED) is 0.546. The Labute approximate surface area is 75.1 Å². The molecule has 0 radical (unpaired) electrons. The fourth-order valence-electron chi connectivity index (χ4n) is 2.35. The summed E-state index contributed by atoms with van der Waals surface area (Å²) in [6.45, 7) is 4.77. The molecule has 0 spiro atoms. The van der Waals surface area contributed by atoms with Crippen LogP contribution in [0.15, 0.2) is 23.3 Å². The lowest BCUT2D eigenvalue weighted by Gasteiger charge is -2.59. The van der Waals surface area contributed by atoms with E-state index in [9.17, 15) is 13.2 Å². The van der Waals surface area contributed by atoms with Crippen LogP contribution in [0.1, 0.15) is 20.8 Å². The maximum absolute atomic E-state index is 12.6. The van der Waals surface area contributed by atoms with Crippen molar-refractivity contribution in [3.8, 4) is 0 Å². The predicted octanol–water partition coefficient (Wildman–Crippen LogP) is 3.46. The number of hydrogen-bond donors (Lipinski definition) is 0. The summed E-state index contributed by atoms with van der Waals surface area (Å²) >= 11 is 0. The second-order valence-electron chi connectivity index (χ2n) is 4.29. The molecule has 0 heterocycles. The van der Waals surface area contributed by atoms with Crippen molar-refractivity contribution >= 4 is 0 Å². The van der Waals surface area contributed by atoms with Gasteiger partial charge in [0.15, 0.2) is 0 Å². The molecule has 2 aliphatic rings. The zero-order valence-electron chi connectivity index (χ0n) is 7.79. The van der Waals surface area contributed by atoms with Gasteiger partial charge in [-0.15, -0.1) is 0 Å². The zero-order chi connectivity index (χ0) is 10.1. The van der Waals surface area contributed by atoms with Crippen molar-refractivity contribution in [3.63, 3.8) is 0 Å². The number of fused-ring (bicyclic) bond motifs is 1. The normalized spacial score (nSPS) is 42.6. The van der Waals surface area contributed by atoms with Gasteiger partial charge in [-0.1, -0.05) is 24.6 Å². The molecule has 72 valence electrons. The van der Waals surface area contributed by atoms with Gasteiger partial charge in [-0.3, -0.25) is 0 Å². The van der Waals surface area contributed by atoms with E-state index in [-0.39, 0.29) is 0 Å². The maximum Gasteiger partial charge on any atom is 0.398 e. The second-order valence-corrected chi connectivity index (χ2v) is 4.29. The number of allylic oxidation sites excluding steroid dienone is 4. The van der Waals surface area contributed by atoms with Gasteiger partial charge in [0.25, 0.3) is 0 Å². The van der Waals surface area contributed by atoms with Gasteiger partial charge in [0.2, 0.25) is 0 Å². The molecule has 0 aromatic heterocycles. The van der Waals surface area contributed by atoms with Crippen LogP contribution in [0.3, 0.4) is 0 Å². The molecule has 3 heteroatoms. The average Bonchev–Trinajstić information content (AvgIpc) is 1.97. The van der Waals surface area contributed by atoms with Crippen LogP contribution in [0.5, 0.6) is 0 Å². The smallest absolute Gasteiger partial charge is 0.170 e. The lowest BCUT2D eigenvalue weighted by molar-refractivity contribution is -0.234. The molecule has 2 atom stereocenters. The van der Waals surface area contributed by atoms with Gasteiger partial charge in [0, 0.05) is 5.41 Å². The Balaban J connectivity index is 2.43. The Hall–Kier alpha value is -0.730. The Kier molecular flexibility index (Phi) is 1.27. The highest BCUT2D eigenvalue weighted by molar-refractivity contribution is 5.60. The molecular weight excluding hydrogens is 177 g/mol. The van der Waals surface area contributed by atoms with E-state index in [0.717, 1.165) is 11.1 Å². The minimum atomic E-state index is -4.14. The van der Waals surface area contributed by atoms with Gasteiger partial charge in [-0.25, -0.2) is 0 Å². The van der Waals surface area contributed by atoms with Crippen LogP contribution < -0.4 is 0 Å². The van der Waals surface area contributed by atoms with Crippen molar-refractivity contribution in [1.82, 2.24) is 0 Å². The van der Waals surface area contributed by atoms with Gasteiger partial charge >= 0.3 is 6.18 Å². The molecule has 0 fully saturated rings. The third-order valence-corrected chi connectivity index (χ3v) is 3.59. The maximum atomic E-state index is 12.6. The van der Waals surface area contributed by atoms with Crippen molar-refractivity contribution < 1.29 is 13.2 Å². The van der Waals surface area contributed by atoms with E-state index in [4.69, 9.17) is 0 Å². The second kappa shape index (κ2) is 1.86. The molecule has 13 heavy (non-hydrogen) atoms. The summed E-state index contributed by atoms with van der Waals surface area (Å²) in [5.74, 6) is 0. The van der Waals surface area contributed by atoms with Crippen LogP contribution in [-0.2, 0) is 0 Å². The standard InChI is InChI=1S/C10H11F3/c1-6-4-8(2)7(6)5-9(8,3)10(11,12)13/h4-5H,1-3H3. The molecule has 0 amide bonds. The summed E-state index contributed by atoms with van der Waals surface area (Å²) in [6, 6.07) is 0. The van der Waals surface area contributed by atoms with E-state index in [2.05, 4.69) is 0 Å². The van der Waals surface area contributed by atoms with Gasteiger partial charge in [0.1, 0.15) is 0 Å². The van der Waals surface area contributed by atoms with Gasteiger partial charge in [0.05, 0.1) is 5.41 Å². The van der Waals surface area contributed by atoms with Gasteiger partial charge in [-0.2, -0.15) is 13.2 Å². The highest BCUT2D eigenvalue weighted by atomic mass is 19.4. The molecule has 0 aromatic rings. The largest absolute Gasteiger partial charge is 0.398 e. The van der Waals surface area contributed by atoms with Crippen molar-refractivity contribution in [3.05, 3.63) is 23.3 Å². The summed E-state index contributed by atoms with van der Waals surface area (Å²) in [5, 5.41) is 0. The first kappa shape index (κ1) is 8.85. The van der Waals surface area contributed by atoms with E-state index in [0.29, 0.717) is 0 Å². The number of hydrogen-bond acceptors (Lipinski definition) is 0. The SMILES string of the molecule is CC1=CC2(C)C1=CC2(C)C(F)(F)F. The molecule has 0 N–H and O–H groups in total. The van der Waals surface area contributed by atoms with E-state index in [1.54, 1.807) is 13.0 Å². The van der Waals surface area contributed by atoms with Gasteiger partial charge < -0.3 is 0 Å². The minimum Gasteiger partial charge on any atom is -0.170 e. The fourth-order valence-corrected chi connectivity index (χ4v) is 2.35. The minimum absolute atomic E-state index is 0.755. The summed E-state index contributed by atoms with van der Waals surface area (Å²) in [5.41, 5.74) is -0.541. The van der Waals surface area contributed by atoms with Crippen LogP contribution in [0.4, 0.5) is 13.2 Å². The summed E-state index contributed by atoms with van der Waals surface area (Å²) in [4.78, 5) is 0. The first-order chi connectivity index (χ1) is 5.72. The highest BCUT2D eigenvalue weighted by Gasteiger charge is 2.69. The first-order valence-corrected chi connectivity index (χ1v) is 4.22. The Morgan fingerprint density at radius 1 is 1.15 bits per heavy atom. The Bertz CT molecular complexity index is 335. The van der Waals surface area contributed by atoms with Gasteiger partial charge in [-0.05, 0) is 19.4 Å². The molecule has 2 unspecified atom stereocenters. The zero-order valence-corrected chi connectivity index (χ0v) is 7.79. The third-order valence-electron chi connectivity index (χ3n) is 3.59. The monoisotopic (exact) mass is 188 g/mol. The molecule has 0 aliphatic heterocycles. The third kappa shape index (κ3) is 0.697. The lowest BCUT2D eigenvalue weighted by atomic mass is 9.45. The molecule has 0 saturated carbocycles. The van der Waals surface area contributed by atoms with E-state index < -0.39 is 17.0 Å². The molecule has 0 saturated heterocycles. The number of halogens is 3.